The normalized spacial score (nSPS) is 15.8. The van der Waals surface area contributed by atoms with Crippen LogP contribution < -0.4 is 14.2 Å². The Morgan fingerprint density at radius 2 is 1.97 bits per heavy atom. The molecule has 1 fully saturated rings. The van der Waals surface area contributed by atoms with E-state index in [1.807, 2.05) is 23.1 Å². The molecule has 0 bridgehead atoms. The highest BCUT2D eigenvalue weighted by Gasteiger charge is 2.26. The summed E-state index contributed by atoms with van der Waals surface area (Å²) < 4.78 is 29.7. The third-order valence-electron chi connectivity index (χ3n) is 5.43. The first-order valence-corrected chi connectivity index (χ1v) is 9.85. The fraction of sp³-hybridized carbons (Fsp3) is 0.348. The van der Waals surface area contributed by atoms with E-state index < -0.39 is 5.82 Å². The van der Waals surface area contributed by atoms with Gasteiger partial charge in [-0.3, -0.25) is 4.79 Å². The van der Waals surface area contributed by atoms with Crippen LogP contribution in [0, 0.1) is 5.82 Å². The van der Waals surface area contributed by atoms with E-state index in [1.54, 1.807) is 18.2 Å². The van der Waals surface area contributed by atoms with E-state index in [4.69, 9.17) is 14.2 Å². The second kappa shape index (κ2) is 8.55. The number of halogens is 1. The maximum atomic E-state index is 13.9. The standard InChI is InChI=1S/C23H24FNO4/c1-27-20-9-6-16(12-19(20)24)8-11-23(26)25(18-4-2-3-5-18)14-17-7-10-21-22(13-17)29-15-28-21/h6-13,18H,2-5,14-15H2,1H3/b11-8+. The van der Waals surface area contributed by atoms with Gasteiger partial charge in [0.1, 0.15) is 0 Å². The summed E-state index contributed by atoms with van der Waals surface area (Å²) in [6, 6.07) is 10.6. The molecule has 2 aliphatic rings. The predicted molar refractivity (Wildman–Crippen MR) is 107 cm³/mol. The van der Waals surface area contributed by atoms with E-state index in [1.165, 1.54) is 19.3 Å². The lowest BCUT2D eigenvalue weighted by molar-refractivity contribution is -0.128. The molecule has 2 aromatic rings. The first-order valence-electron chi connectivity index (χ1n) is 9.85. The van der Waals surface area contributed by atoms with Gasteiger partial charge in [0.05, 0.1) is 7.11 Å². The van der Waals surface area contributed by atoms with E-state index in [2.05, 4.69) is 0 Å². The van der Waals surface area contributed by atoms with Crippen molar-refractivity contribution >= 4 is 12.0 Å². The first-order chi connectivity index (χ1) is 14.1. The Kier molecular flexibility index (Phi) is 5.69. The number of fused-ring (bicyclic) bond motifs is 1. The van der Waals surface area contributed by atoms with Crippen LogP contribution in [0.1, 0.15) is 36.8 Å². The van der Waals surface area contributed by atoms with Crippen LogP contribution in [0.15, 0.2) is 42.5 Å². The SMILES string of the molecule is COc1ccc(/C=C/C(=O)N(Cc2ccc3c(c2)OCO3)C2CCCC2)cc1F. The van der Waals surface area contributed by atoms with Crippen LogP contribution in [0.4, 0.5) is 4.39 Å². The van der Waals surface area contributed by atoms with Gasteiger partial charge in [0.2, 0.25) is 12.7 Å². The van der Waals surface area contributed by atoms with Crippen LogP contribution in [0.5, 0.6) is 17.2 Å². The highest BCUT2D eigenvalue weighted by molar-refractivity contribution is 5.92. The molecule has 0 aromatic heterocycles. The third kappa shape index (κ3) is 4.36. The molecular weight excluding hydrogens is 373 g/mol. The van der Waals surface area contributed by atoms with Gasteiger partial charge < -0.3 is 19.1 Å². The van der Waals surface area contributed by atoms with Crippen LogP contribution in [0.3, 0.4) is 0 Å². The van der Waals surface area contributed by atoms with Gasteiger partial charge in [0.25, 0.3) is 0 Å². The van der Waals surface area contributed by atoms with Crippen molar-refractivity contribution in [3.63, 3.8) is 0 Å². The number of methoxy groups -OCH3 is 1. The lowest BCUT2D eigenvalue weighted by Crippen LogP contribution is -2.37. The van der Waals surface area contributed by atoms with E-state index >= 15 is 0 Å². The highest BCUT2D eigenvalue weighted by atomic mass is 19.1. The Labute approximate surface area is 169 Å². The maximum Gasteiger partial charge on any atom is 0.247 e. The van der Waals surface area contributed by atoms with Gasteiger partial charge in [0.15, 0.2) is 23.1 Å². The number of amides is 1. The van der Waals surface area contributed by atoms with E-state index in [-0.39, 0.29) is 24.5 Å². The first kappa shape index (κ1) is 19.3. The summed E-state index contributed by atoms with van der Waals surface area (Å²) in [6.45, 7) is 0.729. The molecule has 1 aliphatic heterocycles. The molecule has 1 amide bonds. The van der Waals surface area contributed by atoms with Crippen molar-refractivity contribution in [2.75, 3.05) is 13.9 Å². The second-order valence-corrected chi connectivity index (χ2v) is 7.32. The molecule has 152 valence electrons. The molecule has 2 aromatic carbocycles. The molecule has 0 spiro atoms. The van der Waals surface area contributed by atoms with Gasteiger partial charge in [-0.1, -0.05) is 25.0 Å². The van der Waals surface area contributed by atoms with Crippen molar-refractivity contribution in [2.24, 2.45) is 0 Å². The molecule has 0 saturated heterocycles. The van der Waals surface area contributed by atoms with Crippen LogP contribution >= 0.6 is 0 Å². The van der Waals surface area contributed by atoms with E-state index in [9.17, 15) is 9.18 Å². The molecule has 1 aliphatic carbocycles. The van der Waals surface area contributed by atoms with Crippen molar-refractivity contribution in [1.29, 1.82) is 0 Å². The number of benzene rings is 2. The maximum absolute atomic E-state index is 13.9. The molecule has 0 radical (unpaired) electrons. The van der Waals surface area contributed by atoms with Crippen molar-refractivity contribution in [3.05, 3.63) is 59.4 Å². The van der Waals surface area contributed by atoms with E-state index in [0.717, 1.165) is 37.0 Å². The largest absolute Gasteiger partial charge is 0.494 e. The minimum Gasteiger partial charge on any atom is -0.494 e. The summed E-state index contributed by atoms with van der Waals surface area (Å²) in [5.74, 6) is 1.10. The fourth-order valence-corrected chi connectivity index (χ4v) is 3.89. The zero-order valence-electron chi connectivity index (χ0n) is 16.4. The van der Waals surface area contributed by atoms with Gasteiger partial charge in [-0.2, -0.15) is 0 Å². The van der Waals surface area contributed by atoms with Gasteiger partial charge in [-0.25, -0.2) is 4.39 Å². The Balaban J connectivity index is 1.51. The average Bonchev–Trinajstić information content (AvgIpc) is 3.41. The van der Waals surface area contributed by atoms with E-state index in [0.29, 0.717) is 17.9 Å². The molecule has 5 nitrogen and oxygen atoms in total. The Hall–Kier alpha value is -3.02. The van der Waals surface area contributed by atoms with Crippen LogP contribution in [0.2, 0.25) is 0 Å². The number of carbonyl (C=O) groups excluding carboxylic acids is 1. The topological polar surface area (TPSA) is 48.0 Å². The minimum atomic E-state index is -0.449. The highest BCUT2D eigenvalue weighted by Crippen LogP contribution is 2.34. The van der Waals surface area contributed by atoms with Crippen molar-refractivity contribution in [3.8, 4) is 17.2 Å². The van der Waals surface area contributed by atoms with Crippen molar-refractivity contribution in [2.45, 2.75) is 38.3 Å². The molecule has 1 heterocycles. The van der Waals surface area contributed by atoms with Gasteiger partial charge in [-0.15, -0.1) is 0 Å². The lowest BCUT2D eigenvalue weighted by Gasteiger charge is -2.28. The molecule has 6 heteroatoms. The average molecular weight is 397 g/mol. The quantitative estimate of drug-likeness (QED) is 0.671. The lowest BCUT2D eigenvalue weighted by atomic mass is 10.1. The minimum absolute atomic E-state index is 0.0780. The Morgan fingerprint density at radius 3 is 2.72 bits per heavy atom. The number of rotatable bonds is 6. The van der Waals surface area contributed by atoms with Crippen molar-refractivity contribution < 1.29 is 23.4 Å². The molecule has 0 N–H and O–H groups in total. The number of nitrogens with zero attached hydrogens (tertiary/aromatic N) is 1. The summed E-state index contributed by atoms with van der Waals surface area (Å²) in [5, 5.41) is 0. The smallest absolute Gasteiger partial charge is 0.247 e. The summed E-state index contributed by atoms with van der Waals surface area (Å²) in [6.07, 6.45) is 7.42. The number of carbonyl (C=O) groups is 1. The number of hydrogen-bond donors (Lipinski definition) is 0. The van der Waals surface area contributed by atoms with Gasteiger partial charge >= 0.3 is 0 Å². The summed E-state index contributed by atoms with van der Waals surface area (Å²) in [7, 11) is 1.42. The second-order valence-electron chi connectivity index (χ2n) is 7.32. The van der Waals surface area contributed by atoms with Gasteiger partial charge in [-0.05, 0) is 54.3 Å². The van der Waals surface area contributed by atoms with Gasteiger partial charge in [0, 0.05) is 18.7 Å². The Bertz CT molecular complexity index is 921. The fourth-order valence-electron chi connectivity index (χ4n) is 3.89. The van der Waals surface area contributed by atoms with Crippen LogP contribution in [0.25, 0.3) is 6.08 Å². The molecule has 0 atom stereocenters. The monoisotopic (exact) mass is 397 g/mol. The number of hydrogen-bond acceptors (Lipinski definition) is 4. The molecule has 1 saturated carbocycles. The third-order valence-corrected chi connectivity index (χ3v) is 5.43. The number of ether oxygens (including phenoxy) is 3. The summed E-state index contributed by atoms with van der Waals surface area (Å²) in [5.41, 5.74) is 1.62. The zero-order chi connectivity index (χ0) is 20.2. The molecular formula is C23H24FNO4. The van der Waals surface area contributed by atoms with Crippen molar-refractivity contribution in [1.82, 2.24) is 4.90 Å². The predicted octanol–water partition coefficient (Wildman–Crippen LogP) is 4.55. The summed E-state index contributed by atoms with van der Waals surface area (Å²) in [4.78, 5) is 14.9. The molecule has 29 heavy (non-hydrogen) atoms. The van der Waals surface area contributed by atoms with Crippen LogP contribution in [-0.4, -0.2) is 30.8 Å². The molecule has 4 rings (SSSR count). The zero-order valence-corrected chi connectivity index (χ0v) is 16.4. The van der Waals surface area contributed by atoms with Crippen LogP contribution in [-0.2, 0) is 11.3 Å². The molecule has 0 unspecified atom stereocenters. The Morgan fingerprint density at radius 1 is 1.17 bits per heavy atom. The summed E-state index contributed by atoms with van der Waals surface area (Å²) >= 11 is 0.